The zero-order valence-electron chi connectivity index (χ0n) is 9.15. The van der Waals surface area contributed by atoms with Crippen molar-refractivity contribution in [2.24, 2.45) is 0 Å². The van der Waals surface area contributed by atoms with Crippen LogP contribution in [0.2, 0.25) is 0 Å². The Hall–Kier alpha value is -1.68. The van der Waals surface area contributed by atoms with Crippen LogP contribution in [0.25, 0.3) is 0 Å². The maximum absolute atomic E-state index is 12.9. The third kappa shape index (κ3) is 3.39. The first kappa shape index (κ1) is 11.8. The topological polar surface area (TPSA) is 29.1 Å². The van der Waals surface area contributed by atoms with E-state index in [-0.39, 0.29) is 11.6 Å². The van der Waals surface area contributed by atoms with Crippen LogP contribution < -0.4 is 5.32 Å². The number of carbonyl (C=O) groups excluding carboxylic acids is 1. The molecule has 0 fully saturated rings. The van der Waals surface area contributed by atoms with E-state index in [2.05, 4.69) is 5.32 Å². The van der Waals surface area contributed by atoms with Crippen LogP contribution in [-0.2, 0) is 0 Å². The Bertz CT molecular complexity index is 496. The zero-order valence-corrected chi connectivity index (χ0v) is 9.97. The van der Waals surface area contributed by atoms with Gasteiger partial charge in [0.05, 0.1) is 4.88 Å². The monoisotopic (exact) mass is 249 g/mol. The molecule has 0 aliphatic rings. The van der Waals surface area contributed by atoms with Gasteiger partial charge in [0.25, 0.3) is 0 Å². The number of rotatable bonds is 5. The molecule has 1 N–H and O–H groups in total. The van der Waals surface area contributed by atoms with Gasteiger partial charge in [0.2, 0.25) is 0 Å². The molecule has 2 rings (SSSR count). The molecule has 88 valence electrons. The minimum atomic E-state index is -0.278. The summed E-state index contributed by atoms with van der Waals surface area (Å²) in [5, 5.41) is 4.90. The Morgan fingerprint density at radius 3 is 2.88 bits per heavy atom. The van der Waals surface area contributed by atoms with Crippen molar-refractivity contribution in [2.75, 3.05) is 11.9 Å². The Labute approximate surface area is 103 Å². The fourth-order valence-corrected chi connectivity index (χ4v) is 2.17. The number of Topliss-reactive ketones (excluding diaryl/α,β-unsaturated/α-hetero) is 1. The molecule has 0 aliphatic heterocycles. The molecule has 0 radical (unpaired) electrons. The molecule has 1 aromatic carbocycles. The van der Waals surface area contributed by atoms with Crippen molar-refractivity contribution in [2.45, 2.75) is 6.42 Å². The second kappa shape index (κ2) is 5.59. The predicted molar refractivity (Wildman–Crippen MR) is 68.2 cm³/mol. The van der Waals surface area contributed by atoms with E-state index in [1.807, 2.05) is 17.5 Å². The Morgan fingerprint density at radius 2 is 2.18 bits per heavy atom. The van der Waals surface area contributed by atoms with Crippen molar-refractivity contribution in [1.29, 1.82) is 0 Å². The van der Waals surface area contributed by atoms with Gasteiger partial charge >= 0.3 is 0 Å². The number of ketones is 1. The molecular formula is C13H12FNOS. The largest absolute Gasteiger partial charge is 0.385 e. The van der Waals surface area contributed by atoms with E-state index in [1.54, 1.807) is 12.1 Å². The molecule has 0 unspecified atom stereocenters. The molecule has 4 heteroatoms. The summed E-state index contributed by atoms with van der Waals surface area (Å²) in [5.74, 6) is -0.163. The van der Waals surface area contributed by atoms with Crippen molar-refractivity contribution in [1.82, 2.24) is 0 Å². The van der Waals surface area contributed by atoms with Crippen LogP contribution in [0, 0.1) is 5.82 Å². The first-order valence-electron chi connectivity index (χ1n) is 5.32. The molecule has 0 aliphatic carbocycles. The van der Waals surface area contributed by atoms with Crippen molar-refractivity contribution in [3.05, 3.63) is 52.5 Å². The summed E-state index contributed by atoms with van der Waals surface area (Å²) in [6.07, 6.45) is 0.414. The number of halogens is 1. The molecule has 0 saturated carbocycles. The summed E-state index contributed by atoms with van der Waals surface area (Å²) < 4.78 is 12.9. The van der Waals surface area contributed by atoms with Gasteiger partial charge in [-0.1, -0.05) is 12.1 Å². The predicted octanol–water partition coefficient (Wildman–Crippen LogP) is 3.57. The fourth-order valence-electron chi connectivity index (χ4n) is 1.48. The molecule has 17 heavy (non-hydrogen) atoms. The number of benzene rings is 1. The van der Waals surface area contributed by atoms with Crippen LogP contribution in [0.15, 0.2) is 41.8 Å². The standard InChI is InChI=1S/C13H12FNOS/c14-10-3-1-4-11(9-10)15-7-6-12(16)13-5-2-8-17-13/h1-5,8-9,15H,6-7H2. The van der Waals surface area contributed by atoms with Crippen molar-refractivity contribution >= 4 is 22.8 Å². The summed E-state index contributed by atoms with van der Waals surface area (Å²) >= 11 is 1.44. The number of nitrogens with one attached hydrogen (secondary N) is 1. The van der Waals surface area contributed by atoms with E-state index in [9.17, 15) is 9.18 Å². The van der Waals surface area contributed by atoms with Crippen LogP contribution in [0.5, 0.6) is 0 Å². The third-order valence-corrected chi connectivity index (χ3v) is 3.21. The fraction of sp³-hybridized carbons (Fsp3) is 0.154. The van der Waals surface area contributed by atoms with E-state index >= 15 is 0 Å². The van der Waals surface area contributed by atoms with Gasteiger partial charge in [-0.3, -0.25) is 4.79 Å². The summed E-state index contributed by atoms with van der Waals surface area (Å²) in [4.78, 5) is 12.4. The first-order chi connectivity index (χ1) is 8.25. The first-order valence-corrected chi connectivity index (χ1v) is 6.20. The minimum Gasteiger partial charge on any atom is -0.385 e. The number of hydrogen-bond donors (Lipinski definition) is 1. The highest BCUT2D eigenvalue weighted by molar-refractivity contribution is 7.12. The van der Waals surface area contributed by atoms with Crippen LogP contribution in [-0.4, -0.2) is 12.3 Å². The van der Waals surface area contributed by atoms with Gasteiger partial charge in [-0.2, -0.15) is 0 Å². The Balaban J connectivity index is 1.82. The van der Waals surface area contributed by atoms with Gasteiger partial charge in [-0.25, -0.2) is 4.39 Å². The minimum absolute atomic E-state index is 0.115. The van der Waals surface area contributed by atoms with Crippen LogP contribution >= 0.6 is 11.3 Å². The molecule has 0 saturated heterocycles. The third-order valence-electron chi connectivity index (χ3n) is 2.30. The smallest absolute Gasteiger partial charge is 0.174 e. The highest BCUT2D eigenvalue weighted by Gasteiger charge is 2.05. The number of thiophene rings is 1. The molecule has 0 bridgehead atoms. The molecule has 2 aromatic rings. The summed E-state index contributed by atoms with van der Waals surface area (Å²) in [6, 6.07) is 9.89. The molecule has 1 aromatic heterocycles. The molecule has 0 atom stereocenters. The Morgan fingerprint density at radius 1 is 1.29 bits per heavy atom. The second-order valence-electron chi connectivity index (χ2n) is 3.59. The van der Waals surface area contributed by atoms with Gasteiger partial charge in [0, 0.05) is 18.7 Å². The highest BCUT2D eigenvalue weighted by Crippen LogP contribution is 2.12. The molecule has 1 heterocycles. The highest BCUT2D eigenvalue weighted by atomic mass is 32.1. The van der Waals surface area contributed by atoms with Gasteiger partial charge in [-0.15, -0.1) is 11.3 Å². The van der Waals surface area contributed by atoms with Gasteiger partial charge < -0.3 is 5.32 Å². The molecule has 2 nitrogen and oxygen atoms in total. The second-order valence-corrected chi connectivity index (χ2v) is 4.54. The van der Waals surface area contributed by atoms with E-state index in [4.69, 9.17) is 0 Å². The zero-order chi connectivity index (χ0) is 12.1. The SMILES string of the molecule is O=C(CCNc1cccc(F)c1)c1cccs1. The lowest BCUT2D eigenvalue weighted by atomic mass is 10.2. The average Bonchev–Trinajstić information content (AvgIpc) is 2.82. The summed E-state index contributed by atoms with van der Waals surface area (Å²) in [5.41, 5.74) is 0.698. The lowest BCUT2D eigenvalue weighted by Crippen LogP contribution is -2.07. The number of hydrogen-bond acceptors (Lipinski definition) is 3. The maximum atomic E-state index is 12.9. The summed E-state index contributed by atoms with van der Waals surface area (Å²) in [7, 11) is 0. The number of carbonyl (C=O) groups is 1. The van der Waals surface area contributed by atoms with Gasteiger partial charge in [0.15, 0.2) is 5.78 Å². The maximum Gasteiger partial charge on any atom is 0.174 e. The van der Waals surface area contributed by atoms with E-state index < -0.39 is 0 Å². The summed E-state index contributed by atoms with van der Waals surface area (Å²) in [6.45, 7) is 0.514. The van der Waals surface area contributed by atoms with Gasteiger partial charge in [0.1, 0.15) is 5.82 Å². The van der Waals surface area contributed by atoms with Crippen LogP contribution in [0.3, 0.4) is 0 Å². The lowest BCUT2D eigenvalue weighted by molar-refractivity contribution is 0.0990. The quantitative estimate of drug-likeness (QED) is 0.821. The lowest BCUT2D eigenvalue weighted by Gasteiger charge is -2.05. The number of anilines is 1. The molecule has 0 amide bonds. The van der Waals surface area contributed by atoms with E-state index in [0.29, 0.717) is 18.7 Å². The van der Waals surface area contributed by atoms with Crippen LogP contribution in [0.1, 0.15) is 16.1 Å². The molecular weight excluding hydrogens is 237 g/mol. The van der Waals surface area contributed by atoms with Crippen molar-refractivity contribution in [3.8, 4) is 0 Å². The Kier molecular flexibility index (Phi) is 3.88. The average molecular weight is 249 g/mol. The van der Waals surface area contributed by atoms with Gasteiger partial charge in [-0.05, 0) is 29.6 Å². The normalized spacial score (nSPS) is 10.2. The van der Waals surface area contributed by atoms with Crippen molar-refractivity contribution in [3.63, 3.8) is 0 Å². The van der Waals surface area contributed by atoms with E-state index in [1.165, 1.54) is 23.5 Å². The molecule has 0 spiro atoms. The van der Waals surface area contributed by atoms with Crippen LogP contribution in [0.4, 0.5) is 10.1 Å². The van der Waals surface area contributed by atoms with E-state index in [0.717, 1.165) is 4.88 Å². The van der Waals surface area contributed by atoms with Crippen molar-refractivity contribution < 1.29 is 9.18 Å².